The van der Waals surface area contributed by atoms with Crippen molar-refractivity contribution in [2.45, 2.75) is 19.1 Å². The number of amides is 1. The number of rotatable bonds is 3. The van der Waals surface area contributed by atoms with Gasteiger partial charge in [0.25, 0.3) is 0 Å². The molecule has 0 radical (unpaired) electrons. The minimum atomic E-state index is -0.724. The van der Waals surface area contributed by atoms with Crippen LogP contribution in [0, 0.1) is 12.3 Å². The Morgan fingerprint density at radius 1 is 1.46 bits per heavy atom. The predicted octanol–water partition coefficient (Wildman–Crippen LogP) is 2.48. The van der Waals surface area contributed by atoms with Gasteiger partial charge in [0.1, 0.15) is 11.9 Å². The molecule has 122 valence electrons. The minimum absolute atomic E-state index is 0.0191. The highest BCUT2D eigenvalue weighted by Gasteiger charge is 2.34. The number of hydrogen-bond acceptors (Lipinski definition) is 4. The standard InChI is InChI=1S/C18H15ClN2O3/c1-3-8-20-17(23)15-10(2)24-18(21-15)13-9-14(19)11-6-4-5-7-12(11)16(13)22/h1,4-7,9-10,15,22H,8H2,2H3,(H,20,23)/t10-,15-/m0/s1. The minimum Gasteiger partial charge on any atom is -0.506 e. The molecule has 0 unspecified atom stereocenters. The molecule has 1 heterocycles. The van der Waals surface area contributed by atoms with Crippen LogP contribution in [0.25, 0.3) is 10.8 Å². The van der Waals surface area contributed by atoms with Gasteiger partial charge in [-0.2, -0.15) is 0 Å². The van der Waals surface area contributed by atoms with Gasteiger partial charge in [0.15, 0.2) is 6.04 Å². The molecule has 0 saturated heterocycles. The van der Waals surface area contributed by atoms with Crippen molar-refractivity contribution in [3.63, 3.8) is 0 Å². The number of ether oxygens (including phenoxy) is 1. The van der Waals surface area contributed by atoms with Gasteiger partial charge >= 0.3 is 0 Å². The van der Waals surface area contributed by atoms with Gasteiger partial charge in [0, 0.05) is 15.8 Å². The van der Waals surface area contributed by atoms with E-state index in [1.807, 2.05) is 12.1 Å². The molecule has 0 aliphatic carbocycles. The second kappa shape index (κ2) is 6.42. The second-order valence-corrected chi connectivity index (χ2v) is 5.83. The molecule has 6 heteroatoms. The lowest BCUT2D eigenvalue weighted by Gasteiger charge is -2.12. The van der Waals surface area contributed by atoms with Crippen molar-refractivity contribution >= 4 is 34.2 Å². The van der Waals surface area contributed by atoms with Crippen molar-refractivity contribution in [2.75, 3.05) is 6.54 Å². The van der Waals surface area contributed by atoms with Crippen molar-refractivity contribution in [1.82, 2.24) is 5.32 Å². The van der Waals surface area contributed by atoms with E-state index in [0.29, 0.717) is 16.0 Å². The molecule has 0 saturated carbocycles. The number of halogens is 1. The lowest BCUT2D eigenvalue weighted by Crippen LogP contribution is -2.38. The van der Waals surface area contributed by atoms with E-state index in [-0.39, 0.29) is 24.1 Å². The lowest BCUT2D eigenvalue weighted by atomic mass is 10.1. The molecule has 1 amide bonds. The fourth-order valence-corrected chi connectivity index (χ4v) is 2.90. The summed E-state index contributed by atoms with van der Waals surface area (Å²) in [6, 6.07) is 8.08. The Morgan fingerprint density at radius 2 is 2.17 bits per heavy atom. The van der Waals surface area contributed by atoms with E-state index in [2.05, 4.69) is 16.2 Å². The van der Waals surface area contributed by atoms with E-state index in [0.717, 1.165) is 5.39 Å². The molecule has 2 atom stereocenters. The number of phenolic OH excluding ortho intramolecular Hbond substituents is 1. The summed E-state index contributed by atoms with van der Waals surface area (Å²) >= 11 is 6.29. The molecule has 0 bridgehead atoms. The molecular formula is C18H15ClN2O3. The zero-order chi connectivity index (χ0) is 17.3. The Bertz CT molecular complexity index is 886. The van der Waals surface area contributed by atoms with Crippen LogP contribution in [0.3, 0.4) is 0 Å². The Kier molecular flexibility index (Phi) is 4.32. The number of aliphatic imine (C=N–C) groups is 1. The van der Waals surface area contributed by atoms with Crippen LogP contribution < -0.4 is 5.32 Å². The van der Waals surface area contributed by atoms with Gasteiger partial charge in [-0.15, -0.1) is 6.42 Å². The second-order valence-electron chi connectivity index (χ2n) is 5.42. The largest absolute Gasteiger partial charge is 0.506 e. The highest BCUT2D eigenvalue weighted by molar-refractivity contribution is 6.36. The smallest absolute Gasteiger partial charge is 0.249 e. The van der Waals surface area contributed by atoms with Gasteiger partial charge in [0.05, 0.1) is 12.1 Å². The summed E-state index contributed by atoms with van der Waals surface area (Å²) in [6.07, 6.45) is 4.67. The first-order valence-corrected chi connectivity index (χ1v) is 7.77. The number of aromatic hydroxyl groups is 1. The van der Waals surface area contributed by atoms with E-state index < -0.39 is 12.1 Å². The molecule has 2 aromatic carbocycles. The van der Waals surface area contributed by atoms with Crippen LogP contribution in [0.4, 0.5) is 0 Å². The monoisotopic (exact) mass is 342 g/mol. The molecule has 1 aliphatic rings. The number of terminal acetylenes is 1. The van der Waals surface area contributed by atoms with Crippen LogP contribution in [0.15, 0.2) is 35.3 Å². The maximum absolute atomic E-state index is 12.1. The third kappa shape index (κ3) is 2.77. The van der Waals surface area contributed by atoms with E-state index in [1.165, 1.54) is 0 Å². The summed E-state index contributed by atoms with van der Waals surface area (Å²) in [7, 11) is 0. The number of carbonyl (C=O) groups is 1. The molecule has 24 heavy (non-hydrogen) atoms. The average molecular weight is 343 g/mol. The average Bonchev–Trinajstić information content (AvgIpc) is 2.97. The fraction of sp³-hybridized carbons (Fsp3) is 0.222. The number of hydrogen-bond donors (Lipinski definition) is 2. The summed E-state index contributed by atoms with van der Waals surface area (Å²) < 4.78 is 5.66. The Balaban J connectivity index is 2.01. The maximum atomic E-state index is 12.1. The fourth-order valence-electron chi connectivity index (χ4n) is 2.63. The van der Waals surface area contributed by atoms with E-state index in [9.17, 15) is 9.90 Å². The number of benzene rings is 2. The molecular weight excluding hydrogens is 328 g/mol. The molecule has 0 spiro atoms. The summed E-state index contributed by atoms with van der Waals surface area (Å²) in [4.78, 5) is 16.4. The Morgan fingerprint density at radius 3 is 2.88 bits per heavy atom. The van der Waals surface area contributed by atoms with Crippen LogP contribution in [-0.4, -0.2) is 35.6 Å². The van der Waals surface area contributed by atoms with Gasteiger partial charge in [-0.1, -0.05) is 41.8 Å². The third-order valence-electron chi connectivity index (χ3n) is 3.83. The zero-order valence-corrected chi connectivity index (χ0v) is 13.7. The molecule has 3 rings (SSSR count). The maximum Gasteiger partial charge on any atom is 0.249 e. The molecule has 2 aromatic rings. The molecule has 1 aliphatic heterocycles. The molecule has 0 aromatic heterocycles. The van der Waals surface area contributed by atoms with Crippen LogP contribution in [0.2, 0.25) is 5.02 Å². The normalized spacial score (nSPS) is 19.5. The van der Waals surface area contributed by atoms with E-state index in [4.69, 9.17) is 22.8 Å². The molecule has 0 fully saturated rings. The topological polar surface area (TPSA) is 70.9 Å². The number of nitrogens with zero attached hydrogens (tertiary/aromatic N) is 1. The van der Waals surface area contributed by atoms with Crippen molar-refractivity contribution < 1.29 is 14.6 Å². The van der Waals surface area contributed by atoms with Crippen LogP contribution in [0.1, 0.15) is 12.5 Å². The third-order valence-corrected chi connectivity index (χ3v) is 4.14. The molecule has 5 nitrogen and oxygen atoms in total. The zero-order valence-electron chi connectivity index (χ0n) is 12.9. The van der Waals surface area contributed by atoms with Crippen molar-refractivity contribution in [2.24, 2.45) is 4.99 Å². The van der Waals surface area contributed by atoms with Crippen LogP contribution in [0.5, 0.6) is 5.75 Å². The van der Waals surface area contributed by atoms with Gasteiger partial charge in [-0.3, -0.25) is 4.79 Å². The van der Waals surface area contributed by atoms with Gasteiger partial charge in [-0.05, 0) is 13.0 Å². The first-order chi connectivity index (χ1) is 11.5. The summed E-state index contributed by atoms with van der Waals surface area (Å²) in [5.41, 5.74) is 0.359. The number of phenols is 1. The predicted molar refractivity (Wildman–Crippen MR) is 93.3 cm³/mol. The van der Waals surface area contributed by atoms with E-state index >= 15 is 0 Å². The summed E-state index contributed by atoms with van der Waals surface area (Å²) in [6.45, 7) is 1.86. The highest BCUT2D eigenvalue weighted by Crippen LogP contribution is 2.36. The quantitative estimate of drug-likeness (QED) is 0.842. The van der Waals surface area contributed by atoms with Gasteiger partial charge in [0.2, 0.25) is 11.8 Å². The van der Waals surface area contributed by atoms with Crippen molar-refractivity contribution in [3.05, 3.63) is 40.9 Å². The number of carbonyl (C=O) groups excluding carboxylic acids is 1. The van der Waals surface area contributed by atoms with Gasteiger partial charge in [-0.25, -0.2) is 4.99 Å². The summed E-state index contributed by atoms with van der Waals surface area (Å²) in [5, 5.41) is 14.9. The SMILES string of the molecule is C#CCNC(=O)[C@H]1N=C(c2cc(Cl)c3ccccc3c2O)O[C@H]1C. The Labute approximate surface area is 144 Å². The highest BCUT2D eigenvalue weighted by atomic mass is 35.5. The molecule has 2 N–H and O–H groups in total. The first-order valence-electron chi connectivity index (χ1n) is 7.39. The van der Waals surface area contributed by atoms with Crippen LogP contribution in [-0.2, 0) is 9.53 Å². The van der Waals surface area contributed by atoms with Crippen LogP contribution >= 0.6 is 11.6 Å². The Hall–Kier alpha value is -2.71. The van der Waals surface area contributed by atoms with Gasteiger partial charge < -0.3 is 15.2 Å². The summed E-state index contributed by atoms with van der Waals surface area (Å²) in [5.74, 6) is 2.23. The number of fused-ring (bicyclic) bond motifs is 1. The first kappa shape index (κ1) is 16.2. The number of nitrogens with one attached hydrogen (secondary N) is 1. The lowest BCUT2D eigenvalue weighted by molar-refractivity contribution is -0.123. The van der Waals surface area contributed by atoms with Crippen molar-refractivity contribution in [1.29, 1.82) is 0 Å². The van der Waals surface area contributed by atoms with E-state index in [1.54, 1.807) is 25.1 Å². The van der Waals surface area contributed by atoms with Crippen molar-refractivity contribution in [3.8, 4) is 18.1 Å².